The van der Waals surface area contributed by atoms with E-state index in [0.29, 0.717) is 11.1 Å². The summed E-state index contributed by atoms with van der Waals surface area (Å²) in [5.74, 6) is -0.182. The molecule has 0 unspecified atom stereocenters. The minimum atomic E-state index is -0.185. The second kappa shape index (κ2) is 5.02. The van der Waals surface area contributed by atoms with Gasteiger partial charge in [0.25, 0.3) is 0 Å². The van der Waals surface area contributed by atoms with E-state index in [1.54, 1.807) is 24.3 Å². The highest BCUT2D eigenvalue weighted by Gasteiger charge is 2.27. The van der Waals surface area contributed by atoms with E-state index in [1.165, 1.54) is 11.8 Å². The number of rotatable bonds is 2. The fourth-order valence-electron chi connectivity index (χ4n) is 2.35. The van der Waals surface area contributed by atoms with E-state index in [9.17, 15) is 9.90 Å². The first-order valence-corrected chi connectivity index (χ1v) is 6.76. The van der Waals surface area contributed by atoms with Crippen molar-refractivity contribution in [2.45, 2.75) is 13.8 Å². The molecule has 21 heavy (non-hydrogen) atoms. The van der Waals surface area contributed by atoms with Gasteiger partial charge in [0, 0.05) is 17.3 Å². The maximum atomic E-state index is 12.2. The van der Waals surface area contributed by atoms with Gasteiger partial charge in [0.1, 0.15) is 5.76 Å². The second-order valence-electron chi connectivity index (χ2n) is 5.16. The molecule has 0 bridgehead atoms. The van der Waals surface area contributed by atoms with E-state index in [0.717, 1.165) is 11.3 Å². The first kappa shape index (κ1) is 13.3. The third-order valence-corrected chi connectivity index (χ3v) is 3.76. The van der Waals surface area contributed by atoms with Crippen LogP contribution in [0.1, 0.15) is 27.0 Å². The maximum Gasteiger partial charge on any atom is 0.199 e. The highest BCUT2D eigenvalue weighted by Crippen LogP contribution is 2.30. The van der Waals surface area contributed by atoms with E-state index < -0.39 is 0 Å². The number of fused-ring (bicyclic) bond motifs is 1. The number of aryl methyl sites for hydroxylation is 2. The van der Waals surface area contributed by atoms with Gasteiger partial charge in [0.15, 0.2) is 5.78 Å². The number of benzene rings is 2. The van der Waals surface area contributed by atoms with Gasteiger partial charge >= 0.3 is 0 Å². The summed E-state index contributed by atoms with van der Waals surface area (Å²) >= 11 is 0. The van der Waals surface area contributed by atoms with Gasteiger partial charge in [-0.25, -0.2) is 0 Å². The number of hydrogen-bond acceptors (Lipinski definition) is 3. The highest BCUT2D eigenvalue weighted by molar-refractivity contribution is 6.30. The maximum absolute atomic E-state index is 12.2. The Morgan fingerprint density at radius 2 is 1.71 bits per heavy atom. The Bertz CT molecular complexity index is 801. The van der Waals surface area contributed by atoms with E-state index in [2.05, 4.69) is 4.99 Å². The predicted octanol–water partition coefficient (Wildman–Crippen LogP) is 4.17. The molecule has 0 aromatic heterocycles. The SMILES string of the molecule is Cc1ccc(N=CC2=C(O)c3ccccc3C2=O)cc1C. The summed E-state index contributed by atoms with van der Waals surface area (Å²) < 4.78 is 0. The molecule has 0 saturated carbocycles. The predicted molar refractivity (Wildman–Crippen MR) is 84.4 cm³/mol. The largest absolute Gasteiger partial charge is 0.506 e. The number of Topliss-reactive ketones (excluding diaryl/α,β-unsaturated/α-hetero) is 1. The van der Waals surface area contributed by atoms with Gasteiger partial charge in [0.05, 0.1) is 11.3 Å². The molecule has 1 aliphatic carbocycles. The molecular weight excluding hydrogens is 262 g/mol. The summed E-state index contributed by atoms with van der Waals surface area (Å²) in [5.41, 5.74) is 4.45. The van der Waals surface area contributed by atoms with E-state index in [1.807, 2.05) is 32.0 Å². The number of aliphatic hydroxyl groups excluding tert-OH is 1. The molecular formula is C18H15NO2. The minimum Gasteiger partial charge on any atom is -0.506 e. The average Bonchev–Trinajstić information content (AvgIpc) is 2.73. The number of ketones is 1. The summed E-state index contributed by atoms with van der Waals surface area (Å²) in [6.07, 6.45) is 1.45. The molecule has 1 aliphatic rings. The summed E-state index contributed by atoms with van der Waals surface area (Å²) in [6, 6.07) is 12.9. The monoisotopic (exact) mass is 277 g/mol. The molecule has 3 nitrogen and oxygen atoms in total. The Kier molecular flexibility index (Phi) is 3.18. The number of aliphatic imine (C=N–C) groups is 1. The Balaban J connectivity index is 1.95. The van der Waals surface area contributed by atoms with Gasteiger partial charge in [-0.1, -0.05) is 30.3 Å². The van der Waals surface area contributed by atoms with Crippen LogP contribution in [0.5, 0.6) is 0 Å². The Morgan fingerprint density at radius 1 is 1.00 bits per heavy atom. The van der Waals surface area contributed by atoms with Gasteiger partial charge in [0.2, 0.25) is 0 Å². The van der Waals surface area contributed by atoms with Crippen LogP contribution in [0.3, 0.4) is 0 Å². The lowest BCUT2D eigenvalue weighted by atomic mass is 10.1. The molecule has 0 saturated heterocycles. The fraction of sp³-hybridized carbons (Fsp3) is 0.111. The second-order valence-corrected chi connectivity index (χ2v) is 5.16. The van der Waals surface area contributed by atoms with Gasteiger partial charge in [-0.2, -0.15) is 0 Å². The number of aliphatic hydroxyl groups is 1. The van der Waals surface area contributed by atoms with Crippen LogP contribution in [0.15, 0.2) is 53.0 Å². The van der Waals surface area contributed by atoms with Crippen molar-refractivity contribution in [2.24, 2.45) is 4.99 Å². The molecule has 0 amide bonds. The molecule has 1 N–H and O–H groups in total. The summed E-state index contributed by atoms with van der Waals surface area (Å²) in [4.78, 5) is 16.6. The smallest absolute Gasteiger partial charge is 0.199 e. The lowest BCUT2D eigenvalue weighted by molar-refractivity contribution is 0.104. The zero-order valence-electron chi connectivity index (χ0n) is 11.9. The van der Waals surface area contributed by atoms with Gasteiger partial charge < -0.3 is 5.11 Å². The zero-order valence-corrected chi connectivity index (χ0v) is 11.9. The molecule has 0 aliphatic heterocycles. The van der Waals surface area contributed by atoms with Crippen molar-refractivity contribution in [3.05, 3.63) is 70.3 Å². The standard InChI is InChI=1S/C18H15NO2/c1-11-7-8-13(9-12(11)2)19-10-16-17(20)14-5-3-4-6-15(14)18(16)21/h3-10,20H,1-2H3. The van der Waals surface area contributed by atoms with Crippen molar-refractivity contribution < 1.29 is 9.90 Å². The summed E-state index contributed by atoms with van der Waals surface area (Å²) in [6.45, 7) is 4.05. The van der Waals surface area contributed by atoms with E-state index in [4.69, 9.17) is 0 Å². The van der Waals surface area contributed by atoms with Crippen LogP contribution in [-0.4, -0.2) is 17.1 Å². The molecule has 0 radical (unpaired) electrons. The lowest BCUT2D eigenvalue weighted by Crippen LogP contribution is -1.99. The molecule has 2 aromatic rings. The number of nitrogens with zero attached hydrogens (tertiary/aromatic N) is 1. The molecule has 3 heteroatoms. The number of allylic oxidation sites excluding steroid dienone is 1. The fourth-order valence-corrected chi connectivity index (χ4v) is 2.35. The summed E-state index contributed by atoms with van der Waals surface area (Å²) in [5, 5.41) is 10.2. The Morgan fingerprint density at radius 3 is 2.38 bits per heavy atom. The van der Waals surface area contributed by atoms with Crippen LogP contribution in [0.25, 0.3) is 5.76 Å². The lowest BCUT2D eigenvalue weighted by Gasteiger charge is -2.00. The van der Waals surface area contributed by atoms with Crippen molar-refractivity contribution >= 4 is 23.4 Å². The molecule has 0 heterocycles. The third kappa shape index (κ3) is 2.27. The van der Waals surface area contributed by atoms with Crippen LogP contribution >= 0.6 is 0 Å². The van der Waals surface area contributed by atoms with Crippen LogP contribution in [0.2, 0.25) is 0 Å². The number of carbonyl (C=O) groups is 1. The minimum absolute atomic E-state index is 0.00295. The molecule has 0 spiro atoms. The third-order valence-electron chi connectivity index (χ3n) is 3.76. The quantitative estimate of drug-likeness (QED) is 0.837. The van der Waals surface area contributed by atoms with Crippen LogP contribution in [-0.2, 0) is 0 Å². The van der Waals surface area contributed by atoms with Crippen LogP contribution in [0, 0.1) is 13.8 Å². The van der Waals surface area contributed by atoms with Crippen molar-refractivity contribution in [3.63, 3.8) is 0 Å². The molecule has 0 atom stereocenters. The van der Waals surface area contributed by atoms with Gasteiger partial charge in [-0.3, -0.25) is 9.79 Å². The highest BCUT2D eigenvalue weighted by atomic mass is 16.3. The Hall–Kier alpha value is -2.68. The van der Waals surface area contributed by atoms with E-state index in [-0.39, 0.29) is 17.1 Å². The van der Waals surface area contributed by atoms with Crippen LogP contribution in [0.4, 0.5) is 5.69 Å². The first-order valence-electron chi connectivity index (χ1n) is 6.76. The molecule has 2 aromatic carbocycles. The number of carbonyl (C=O) groups excluding carboxylic acids is 1. The van der Waals surface area contributed by atoms with E-state index >= 15 is 0 Å². The normalized spacial score (nSPS) is 14.1. The Labute approximate surface area is 123 Å². The topological polar surface area (TPSA) is 49.7 Å². The molecule has 104 valence electrons. The zero-order chi connectivity index (χ0) is 15.0. The average molecular weight is 277 g/mol. The van der Waals surface area contributed by atoms with Crippen LogP contribution < -0.4 is 0 Å². The van der Waals surface area contributed by atoms with Crippen molar-refractivity contribution in [1.29, 1.82) is 0 Å². The summed E-state index contributed by atoms with van der Waals surface area (Å²) in [7, 11) is 0. The first-order chi connectivity index (χ1) is 10.1. The number of hydrogen-bond donors (Lipinski definition) is 1. The van der Waals surface area contributed by atoms with Gasteiger partial charge in [-0.15, -0.1) is 0 Å². The molecule has 3 rings (SSSR count). The molecule has 0 fully saturated rings. The van der Waals surface area contributed by atoms with Crippen molar-refractivity contribution in [3.8, 4) is 0 Å². The van der Waals surface area contributed by atoms with Crippen molar-refractivity contribution in [1.82, 2.24) is 0 Å². The van der Waals surface area contributed by atoms with Gasteiger partial charge in [-0.05, 0) is 37.1 Å². The van der Waals surface area contributed by atoms with Crippen molar-refractivity contribution in [2.75, 3.05) is 0 Å².